The monoisotopic (exact) mass is 400 g/mol. The van der Waals surface area contributed by atoms with Crippen LogP contribution in [0.5, 0.6) is 0 Å². The smallest absolute Gasteiger partial charge is 0.210 e. The average molecular weight is 400 g/mol. The molecule has 0 unspecified atom stereocenters. The largest absolute Gasteiger partial charge is 0.306 e. The van der Waals surface area contributed by atoms with Crippen molar-refractivity contribution >= 4 is 5.78 Å². The summed E-state index contributed by atoms with van der Waals surface area (Å²) >= 11 is 0. The van der Waals surface area contributed by atoms with Gasteiger partial charge in [0.05, 0.1) is 5.69 Å². The summed E-state index contributed by atoms with van der Waals surface area (Å²) in [6.07, 6.45) is 3.51. The molecule has 0 atom stereocenters. The summed E-state index contributed by atoms with van der Waals surface area (Å²) in [6.45, 7) is 0. The fourth-order valence-electron chi connectivity index (χ4n) is 3.88. The van der Waals surface area contributed by atoms with E-state index < -0.39 is 0 Å². The fourth-order valence-corrected chi connectivity index (χ4v) is 3.88. The van der Waals surface area contributed by atoms with Gasteiger partial charge in [0.2, 0.25) is 5.78 Å². The molecule has 0 spiro atoms. The summed E-state index contributed by atoms with van der Waals surface area (Å²) in [5.41, 5.74) is 6.12. The minimum atomic E-state index is -0.0153. The van der Waals surface area contributed by atoms with Crippen molar-refractivity contribution in [2.75, 3.05) is 0 Å². The molecular formula is C28H20N2O. The van der Waals surface area contributed by atoms with Crippen LogP contribution < -0.4 is 0 Å². The standard InChI is InChI=1S/C28H20N2O/c31-28(23-14-8-3-9-15-23)27-25(21-10-4-1-5-11-21)20-26(22-12-6-2-7-13-22)30(27)24-16-18-29-19-17-24/h1-20H. The molecule has 0 radical (unpaired) electrons. The van der Waals surface area contributed by atoms with Crippen LogP contribution in [0.2, 0.25) is 0 Å². The highest BCUT2D eigenvalue weighted by Crippen LogP contribution is 2.36. The van der Waals surface area contributed by atoms with Gasteiger partial charge in [0, 0.05) is 29.2 Å². The van der Waals surface area contributed by atoms with Crippen LogP contribution in [0.1, 0.15) is 16.1 Å². The molecule has 0 N–H and O–H groups in total. The summed E-state index contributed by atoms with van der Waals surface area (Å²) in [6, 6.07) is 35.7. The molecule has 5 rings (SSSR count). The SMILES string of the molecule is O=C(c1ccccc1)c1c(-c2ccccc2)cc(-c2ccccc2)n1-c1ccncc1. The molecule has 0 aliphatic rings. The normalized spacial score (nSPS) is 10.7. The Balaban J connectivity index is 1.86. The quantitative estimate of drug-likeness (QED) is 0.318. The fraction of sp³-hybridized carbons (Fsp3) is 0. The second-order valence-corrected chi connectivity index (χ2v) is 7.26. The van der Waals surface area contributed by atoms with E-state index in [2.05, 4.69) is 27.8 Å². The van der Waals surface area contributed by atoms with Crippen LogP contribution in [0.4, 0.5) is 0 Å². The zero-order valence-corrected chi connectivity index (χ0v) is 16.8. The van der Waals surface area contributed by atoms with E-state index in [0.29, 0.717) is 11.3 Å². The van der Waals surface area contributed by atoms with Gasteiger partial charge in [-0.3, -0.25) is 9.78 Å². The number of rotatable bonds is 5. The number of aromatic nitrogens is 2. The van der Waals surface area contributed by atoms with Gasteiger partial charge in [-0.05, 0) is 29.3 Å². The maximum absolute atomic E-state index is 13.8. The Kier molecular flexibility index (Phi) is 4.99. The topological polar surface area (TPSA) is 34.9 Å². The summed E-state index contributed by atoms with van der Waals surface area (Å²) < 4.78 is 2.05. The van der Waals surface area contributed by atoms with Crippen molar-refractivity contribution in [2.45, 2.75) is 0 Å². The number of ketones is 1. The molecule has 0 bridgehead atoms. The maximum Gasteiger partial charge on any atom is 0.210 e. The van der Waals surface area contributed by atoms with Crippen LogP contribution in [0.15, 0.2) is 122 Å². The molecule has 148 valence electrons. The van der Waals surface area contributed by atoms with E-state index in [1.165, 1.54) is 0 Å². The minimum absolute atomic E-state index is 0.0153. The van der Waals surface area contributed by atoms with Gasteiger partial charge in [-0.2, -0.15) is 0 Å². The Morgan fingerprint density at radius 3 is 1.81 bits per heavy atom. The maximum atomic E-state index is 13.8. The molecule has 2 aromatic heterocycles. The molecule has 0 aliphatic carbocycles. The summed E-state index contributed by atoms with van der Waals surface area (Å²) in [5, 5.41) is 0. The van der Waals surface area contributed by atoms with Crippen molar-refractivity contribution < 1.29 is 4.79 Å². The van der Waals surface area contributed by atoms with E-state index in [1.54, 1.807) is 12.4 Å². The van der Waals surface area contributed by atoms with E-state index in [0.717, 1.165) is 28.1 Å². The van der Waals surface area contributed by atoms with Crippen molar-refractivity contribution in [1.29, 1.82) is 0 Å². The molecular weight excluding hydrogens is 380 g/mol. The molecule has 3 nitrogen and oxygen atoms in total. The van der Waals surface area contributed by atoms with Crippen molar-refractivity contribution in [3.8, 4) is 28.1 Å². The van der Waals surface area contributed by atoms with Crippen molar-refractivity contribution in [2.24, 2.45) is 0 Å². The molecule has 0 saturated carbocycles. The first-order valence-electron chi connectivity index (χ1n) is 10.2. The van der Waals surface area contributed by atoms with E-state index in [4.69, 9.17) is 0 Å². The predicted octanol–water partition coefficient (Wildman–Crippen LogP) is 6.44. The van der Waals surface area contributed by atoms with Gasteiger partial charge in [-0.15, -0.1) is 0 Å². The van der Waals surface area contributed by atoms with Gasteiger partial charge in [-0.25, -0.2) is 0 Å². The molecule has 0 amide bonds. The van der Waals surface area contributed by atoms with Gasteiger partial charge < -0.3 is 4.57 Å². The Labute approximate surface area is 181 Å². The lowest BCUT2D eigenvalue weighted by Crippen LogP contribution is -2.11. The Morgan fingerprint density at radius 2 is 1.19 bits per heavy atom. The van der Waals surface area contributed by atoms with E-state index in [-0.39, 0.29) is 5.78 Å². The van der Waals surface area contributed by atoms with Crippen molar-refractivity contribution in [3.63, 3.8) is 0 Å². The van der Waals surface area contributed by atoms with Gasteiger partial charge in [0.25, 0.3) is 0 Å². The molecule has 5 aromatic rings. The lowest BCUT2D eigenvalue weighted by atomic mass is 10.00. The number of benzene rings is 3. The number of carbonyl (C=O) groups is 1. The van der Waals surface area contributed by atoms with Gasteiger partial charge in [-0.1, -0.05) is 91.0 Å². The highest BCUT2D eigenvalue weighted by Gasteiger charge is 2.25. The van der Waals surface area contributed by atoms with Crippen molar-refractivity contribution in [3.05, 3.63) is 133 Å². The third-order valence-corrected chi connectivity index (χ3v) is 5.33. The summed E-state index contributed by atoms with van der Waals surface area (Å²) in [4.78, 5) is 18.0. The first kappa shape index (κ1) is 18.8. The van der Waals surface area contributed by atoms with E-state index in [9.17, 15) is 4.79 Å². The summed E-state index contributed by atoms with van der Waals surface area (Å²) in [5.74, 6) is -0.0153. The predicted molar refractivity (Wildman–Crippen MR) is 124 cm³/mol. The zero-order valence-electron chi connectivity index (χ0n) is 16.8. The molecule has 31 heavy (non-hydrogen) atoms. The van der Waals surface area contributed by atoms with E-state index >= 15 is 0 Å². The van der Waals surface area contributed by atoms with Gasteiger partial charge in [0.1, 0.15) is 5.69 Å². The molecule has 0 fully saturated rings. The molecule has 0 aliphatic heterocycles. The van der Waals surface area contributed by atoms with Crippen LogP contribution in [0.25, 0.3) is 28.1 Å². The molecule has 3 aromatic carbocycles. The highest BCUT2D eigenvalue weighted by atomic mass is 16.1. The number of pyridine rings is 1. The first-order valence-corrected chi connectivity index (χ1v) is 10.2. The third kappa shape index (κ3) is 3.58. The lowest BCUT2D eigenvalue weighted by molar-refractivity contribution is 0.103. The average Bonchev–Trinajstić information content (AvgIpc) is 3.26. The molecule has 3 heteroatoms. The highest BCUT2D eigenvalue weighted by molar-refractivity contribution is 6.13. The lowest BCUT2D eigenvalue weighted by Gasteiger charge is -2.14. The third-order valence-electron chi connectivity index (χ3n) is 5.33. The second kappa shape index (κ2) is 8.25. The van der Waals surface area contributed by atoms with Crippen molar-refractivity contribution in [1.82, 2.24) is 9.55 Å². The Morgan fingerprint density at radius 1 is 0.645 bits per heavy atom. The molecule has 0 saturated heterocycles. The van der Waals surface area contributed by atoms with Crippen LogP contribution in [0.3, 0.4) is 0 Å². The van der Waals surface area contributed by atoms with Gasteiger partial charge in [0.15, 0.2) is 0 Å². The Hall–Kier alpha value is -4.24. The minimum Gasteiger partial charge on any atom is -0.306 e. The zero-order chi connectivity index (χ0) is 21.0. The van der Waals surface area contributed by atoms with Gasteiger partial charge >= 0.3 is 0 Å². The number of carbonyl (C=O) groups excluding carboxylic acids is 1. The summed E-state index contributed by atoms with van der Waals surface area (Å²) in [7, 11) is 0. The molecule has 2 heterocycles. The first-order chi connectivity index (χ1) is 15.3. The number of nitrogens with zero attached hydrogens (tertiary/aromatic N) is 2. The number of hydrogen-bond acceptors (Lipinski definition) is 2. The Bertz CT molecular complexity index is 1310. The van der Waals surface area contributed by atoms with Crippen LogP contribution >= 0.6 is 0 Å². The van der Waals surface area contributed by atoms with Crippen LogP contribution in [-0.4, -0.2) is 15.3 Å². The second-order valence-electron chi connectivity index (χ2n) is 7.26. The van der Waals surface area contributed by atoms with Crippen LogP contribution in [0, 0.1) is 0 Å². The van der Waals surface area contributed by atoms with Crippen LogP contribution in [-0.2, 0) is 0 Å². The number of hydrogen-bond donors (Lipinski definition) is 0. The van der Waals surface area contributed by atoms with E-state index in [1.807, 2.05) is 91.0 Å².